The van der Waals surface area contributed by atoms with E-state index in [-0.39, 0.29) is 0 Å². The van der Waals surface area contributed by atoms with E-state index in [2.05, 4.69) is 167 Å². The van der Waals surface area contributed by atoms with Crippen molar-refractivity contribution in [3.05, 3.63) is 229 Å². The summed E-state index contributed by atoms with van der Waals surface area (Å²) in [6.07, 6.45) is 3.64. The molecule has 0 amide bonds. The molecule has 0 fully saturated rings. The summed E-state index contributed by atoms with van der Waals surface area (Å²) in [5.41, 5.74) is 11.4. The average molecular weight is 691 g/mol. The molecule has 0 unspecified atom stereocenters. The summed E-state index contributed by atoms with van der Waals surface area (Å²) in [4.78, 5) is 11.5. The van der Waals surface area contributed by atoms with Crippen LogP contribution in [0.25, 0.3) is 49.4 Å². The molecule has 0 atom stereocenters. The second-order valence-corrected chi connectivity index (χ2v) is 13.4. The minimum atomic E-state index is 0.806. The van der Waals surface area contributed by atoms with Gasteiger partial charge in [-0.2, -0.15) is 0 Å². The maximum Gasteiger partial charge on any atom is 0.138 e. The summed E-state index contributed by atoms with van der Waals surface area (Å²) in [6.45, 7) is 0. The van der Waals surface area contributed by atoms with Gasteiger partial charge in [-0.15, -0.1) is 0 Å². The fourth-order valence-electron chi connectivity index (χ4n) is 7.94. The number of anilines is 3. The molecule has 0 N–H and O–H groups in total. The Hall–Kier alpha value is -7.30. The number of aromatic nitrogens is 3. The van der Waals surface area contributed by atoms with Gasteiger partial charge in [0.15, 0.2) is 0 Å². The molecule has 4 heteroatoms. The Kier molecular flexibility index (Phi) is 7.77. The maximum absolute atomic E-state index is 4.70. The normalized spacial score (nSPS) is 12.0. The molecule has 0 radical (unpaired) electrons. The highest BCUT2D eigenvalue weighted by Crippen LogP contribution is 2.44. The van der Waals surface area contributed by atoms with Crippen LogP contribution in [0.15, 0.2) is 207 Å². The highest BCUT2D eigenvalue weighted by Gasteiger charge is 2.22. The van der Waals surface area contributed by atoms with Crippen molar-refractivity contribution in [2.24, 2.45) is 0 Å². The predicted molar refractivity (Wildman–Crippen MR) is 224 cm³/mol. The van der Waals surface area contributed by atoms with E-state index >= 15 is 0 Å². The van der Waals surface area contributed by atoms with E-state index in [4.69, 9.17) is 9.97 Å². The number of para-hydroxylation sites is 1. The predicted octanol–water partition coefficient (Wildman–Crippen LogP) is 12.6. The molecular formula is C50H34N4. The van der Waals surface area contributed by atoms with Gasteiger partial charge in [-0.1, -0.05) is 127 Å². The van der Waals surface area contributed by atoms with Crippen molar-refractivity contribution in [2.45, 2.75) is 0 Å². The molecule has 0 bridgehead atoms. The lowest BCUT2D eigenvalue weighted by Crippen LogP contribution is -2.12. The monoisotopic (exact) mass is 690 g/mol. The zero-order chi connectivity index (χ0) is 35.8. The van der Waals surface area contributed by atoms with Gasteiger partial charge in [0.2, 0.25) is 0 Å². The Morgan fingerprint density at radius 1 is 0.389 bits per heavy atom. The lowest BCUT2D eigenvalue weighted by molar-refractivity contribution is 1.12. The zero-order valence-corrected chi connectivity index (χ0v) is 29.4. The molecule has 10 rings (SSSR count). The summed E-state index contributed by atoms with van der Waals surface area (Å²) in [5, 5.41) is 5.06. The molecular weight excluding hydrogens is 657 g/mol. The van der Waals surface area contributed by atoms with Gasteiger partial charge in [0.1, 0.15) is 11.6 Å². The van der Waals surface area contributed by atoms with E-state index in [0.717, 1.165) is 50.8 Å². The highest BCUT2D eigenvalue weighted by atomic mass is 15.2. The van der Waals surface area contributed by atoms with Crippen molar-refractivity contribution in [1.82, 2.24) is 14.5 Å². The van der Waals surface area contributed by atoms with E-state index in [1.54, 1.807) is 0 Å². The molecule has 3 heterocycles. The van der Waals surface area contributed by atoms with Crippen LogP contribution in [0.2, 0.25) is 0 Å². The third-order valence-corrected chi connectivity index (χ3v) is 10.2. The van der Waals surface area contributed by atoms with Gasteiger partial charge in [0.05, 0.1) is 11.0 Å². The maximum atomic E-state index is 4.70. The number of hydrogen-bond acceptors (Lipinski definition) is 3. The summed E-state index contributed by atoms with van der Waals surface area (Å²) in [7, 11) is 0. The number of hydrogen-bond donors (Lipinski definition) is 0. The topological polar surface area (TPSA) is 34.0 Å². The second-order valence-electron chi connectivity index (χ2n) is 13.4. The average Bonchev–Trinajstić information content (AvgIpc) is 3.59. The van der Waals surface area contributed by atoms with Crippen molar-refractivity contribution in [3.63, 3.8) is 0 Å². The van der Waals surface area contributed by atoms with E-state index in [9.17, 15) is 0 Å². The second kappa shape index (κ2) is 13.4. The molecule has 10 aromatic rings. The van der Waals surface area contributed by atoms with Crippen LogP contribution in [0.5, 0.6) is 0 Å². The van der Waals surface area contributed by atoms with Gasteiger partial charge in [0, 0.05) is 34.5 Å². The van der Waals surface area contributed by atoms with Crippen LogP contribution in [0, 0.1) is 0 Å². The SMILES string of the molecule is c1ccc(C(=C(c2ccccc2)c2cc3ccc4cccc5c4c3c(c2)n5-c2ccccc2)c2ccc(N(c3ccccn3)c3ccccn3)cc2)cc1. The van der Waals surface area contributed by atoms with Crippen molar-refractivity contribution >= 4 is 61.0 Å². The molecule has 254 valence electrons. The van der Waals surface area contributed by atoms with Crippen LogP contribution in [0.4, 0.5) is 17.3 Å². The Labute approximate surface area is 313 Å². The zero-order valence-electron chi connectivity index (χ0n) is 29.4. The third kappa shape index (κ3) is 5.40. The van der Waals surface area contributed by atoms with Gasteiger partial charge in [-0.3, -0.25) is 4.90 Å². The Bertz CT molecular complexity index is 2840. The van der Waals surface area contributed by atoms with Gasteiger partial charge < -0.3 is 4.57 Å². The van der Waals surface area contributed by atoms with Crippen LogP contribution in [-0.2, 0) is 0 Å². The number of benzene rings is 7. The first-order valence-corrected chi connectivity index (χ1v) is 18.2. The molecule has 7 aromatic carbocycles. The molecule has 4 nitrogen and oxygen atoms in total. The van der Waals surface area contributed by atoms with Crippen LogP contribution < -0.4 is 4.90 Å². The minimum Gasteiger partial charge on any atom is -0.309 e. The summed E-state index contributed by atoms with van der Waals surface area (Å²) in [5.74, 6) is 1.61. The van der Waals surface area contributed by atoms with Crippen molar-refractivity contribution in [1.29, 1.82) is 0 Å². The number of nitrogens with zero attached hydrogens (tertiary/aromatic N) is 4. The first-order valence-electron chi connectivity index (χ1n) is 18.2. The number of rotatable bonds is 8. The van der Waals surface area contributed by atoms with E-state index in [1.807, 2.05) is 48.8 Å². The molecule has 0 saturated carbocycles. The van der Waals surface area contributed by atoms with Crippen LogP contribution in [0.1, 0.15) is 22.3 Å². The molecule has 0 aliphatic heterocycles. The van der Waals surface area contributed by atoms with E-state index in [1.165, 1.54) is 38.2 Å². The smallest absolute Gasteiger partial charge is 0.138 e. The fourth-order valence-corrected chi connectivity index (χ4v) is 7.94. The van der Waals surface area contributed by atoms with Gasteiger partial charge in [-0.05, 0) is 111 Å². The quantitative estimate of drug-likeness (QED) is 0.118. The molecule has 54 heavy (non-hydrogen) atoms. The summed E-state index contributed by atoms with van der Waals surface area (Å²) in [6, 6.07) is 69.0. The first kappa shape index (κ1) is 31.4. The van der Waals surface area contributed by atoms with Crippen molar-refractivity contribution in [2.75, 3.05) is 4.90 Å². The Balaban J connectivity index is 1.25. The Morgan fingerprint density at radius 3 is 1.54 bits per heavy atom. The molecule has 0 spiro atoms. The lowest BCUT2D eigenvalue weighted by atomic mass is 9.85. The fraction of sp³-hybridized carbons (Fsp3) is 0. The third-order valence-electron chi connectivity index (χ3n) is 10.2. The largest absolute Gasteiger partial charge is 0.309 e. The van der Waals surface area contributed by atoms with Gasteiger partial charge >= 0.3 is 0 Å². The standard InChI is InChI=1S/C50H34N4/c1-4-15-35(16-5-1)47(38-27-29-42(30-28-38)54(45-23-10-12-31-51-45)46-24-11-13-32-52-46)48(36-17-6-2-7-18-36)40-33-39-26-25-37-19-14-22-43-49(37)50(39)44(34-40)53(43)41-20-8-3-9-21-41/h1-34H. The van der Waals surface area contributed by atoms with Crippen molar-refractivity contribution in [3.8, 4) is 5.69 Å². The highest BCUT2D eigenvalue weighted by molar-refractivity contribution is 6.25. The van der Waals surface area contributed by atoms with Crippen molar-refractivity contribution < 1.29 is 0 Å². The van der Waals surface area contributed by atoms with Gasteiger partial charge in [0.25, 0.3) is 0 Å². The van der Waals surface area contributed by atoms with Crippen LogP contribution in [0.3, 0.4) is 0 Å². The summed E-state index contributed by atoms with van der Waals surface area (Å²) >= 11 is 0. The van der Waals surface area contributed by atoms with E-state index in [0.29, 0.717) is 0 Å². The molecule has 0 aliphatic rings. The molecule has 3 aromatic heterocycles. The number of pyridine rings is 2. The summed E-state index contributed by atoms with van der Waals surface area (Å²) < 4.78 is 2.43. The lowest BCUT2D eigenvalue weighted by Gasteiger charge is -2.24. The Morgan fingerprint density at radius 2 is 0.926 bits per heavy atom. The van der Waals surface area contributed by atoms with Crippen LogP contribution in [-0.4, -0.2) is 14.5 Å². The minimum absolute atomic E-state index is 0.806. The first-order chi connectivity index (χ1) is 26.8. The molecule has 0 saturated heterocycles. The van der Waals surface area contributed by atoms with Gasteiger partial charge in [-0.25, -0.2) is 9.97 Å². The van der Waals surface area contributed by atoms with E-state index < -0.39 is 0 Å². The van der Waals surface area contributed by atoms with Crippen LogP contribution >= 0.6 is 0 Å². The molecule has 0 aliphatic carbocycles.